The summed E-state index contributed by atoms with van der Waals surface area (Å²) in [6.45, 7) is 0.389. The fourth-order valence-electron chi connectivity index (χ4n) is 1.21. The Balaban J connectivity index is 2.31. The molecule has 66 valence electrons. The number of cyclic esters (lactones) is 1. The molecule has 0 atom stereocenters. The van der Waals surface area contributed by atoms with Crippen LogP contribution in [0.3, 0.4) is 0 Å². The fraction of sp³-hybridized carbons (Fsp3) is 0.100. The molecule has 0 bridgehead atoms. The molecular weight excluding hydrogens is 232 g/mol. The number of halogens is 1. The van der Waals surface area contributed by atoms with Gasteiger partial charge in [-0.2, -0.15) is 0 Å². The third-order valence-electron chi connectivity index (χ3n) is 1.88. The normalized spacial score (nSPS) is 15.5. The van der Waals surface area contributed by atoms with E-state index in [1.165, 1.54) is 6.08 Å². The fourth-order valence-corrected chi connectivity index (χ4v) is 1.47. The molecule has 0 unspecified atom stereocenters. The van der Waals surface area contributed by atoms with E-state index in [1.807, 2.05) is 24.3 Å². The Bertz CT molecular complexity index is 365. The predicted octanol–water partition coefficient (Wildman–Crippen LogP) is 2.39. The quantitative estimate of drug-likeness (QED) is 0.703. The van der Waals surface area contributed by atoms with Crippen LogP contribution in [0, 0.1) is 0 Å². The molecule has 0 saturated heterocycles. The summed E-state index contributed by atoms with van der Waals surface area (Å²) in [6, 6.07) is 7.80. The number of benzene rings is 1. The molecule has 0 aliphatic carbocycles. The van der Waals surface area contributed by atoms with Gasteiger partial charge in [0.15, 0.2) is 0 Å². The SMILES string of the molecule is O=C1C=C(c2ccc(Br)cc2)CO1. The zero-order valence-electron chi connectivity index (χ0n) is 6.79. The second-order valence-electron chi connectivity index (χ2n) is 2.78. The number of esters is 1. The molecule has 1 aromatic carbocycles. The molecular formula is C10H7BrO2. The first-order chi connectivity index (χ1) is 6.25. The third-order valence-corrected chi connectivity index (χ3v) is 2.41. The molecule has 3 heteroatoms. The highest BCUT2D eigenvalue weighted by Crippen LogP contribution is 2.21. The van der Waals surface area contributed by atoms with E-state index in [-0.39, 0.29) is 5.97 Å². The Kier molecular flexibility index (Phi) is 2.19. The summed E-state index contributed by atoms with van der Waals surface area (Å²) in [5.41, 5.74) is 1.98. The van der Waals surface area contributed by atoms with Gasteiger partial charge >= 0.3 is 5.97 Å². The number of carbonyl (C=O) groups excluding carboxylic acids is 1. The van der Waals surface area contributed by atoms with Crippen molar-refractivity contribution in [1.29, 1.82) is 0 Å². The van der Waals surface area contributed by atoms with Crippen LogP contribution in [-0.2, 0) is 9.53 Å². The van der Waals surface area contributed by atoms with E-state index in [2.05, 4.69) is 15.9 Å². The summed E-state index contributed by atoms with van der Waals surface area (Å²) < 4.78 is 5.84. The van der Waals surface area contributed by atoms with E-state index in [0.29, 0.717) is 6.61 Å². The summed E-state index contributed by atoms with van der Waals surface area (Å²) in [5.74, 6) is -0.252. The average molecular weight is 239 g/mol. The van der Waals surface area contributed by atoms with Gasteiger partial charge in [-0.1, -0.05) is 28.1 Å². The van der Waals surface area contributed by atoms with Crippen molar-refractivity contribution in [2.45, 2.75) is 0 Å². The lowest BCUT2D eigenvalue weighted by Crippen LogP contribution is -1.91. The Morgan fingerprint density at radius 1 is 1.23 bits per heavy atom. The molecule has 1 aromatic rings. The highest BCUT2D eigenvalue weighted by molar-refractivity contribution is 9.10. The van der Waals surface area contributed by atoms with Crippen LogP contribution in [0.25, 0.3) is 5.57 Å². The smallest absolute Gasteiger partial charge is 0.331 e. The van der Waals surface area contributed by atoms with Gasteiger partial charge in [-0.05, 0) is 17.7 Å². The Morgan fingerprint density at radius 3 is 2.46 bits per heavy atom. The molecule has 0 fully saturated rings. The molecule has 0 N–H and O–H groups in total. The second-order valence-corrected chi connectivity index (χ2v) is 3.70. The van der Waals surface area contributed by atoms with Crippen LogP contribution in [0.4, 0.5) is 0 Å². The summed E-state index contributed by atoms with van der Waals surface area (Å²) in [4.78, 5) is 10.8. The van der Waals surface area contributed by atoms with Crippen molar-refractivity contribution in [3.05, 3.63) is 40.4 Å². The molecule has 2 rings (SSSR count). The summed E-state index contributed by atoms with van der Waals surface area (Å²) in [7, 11) is 0. The van der Waals surface area contributed by atoms with Gasteiger partial charge in [0.05, 0.1) is 0 Å². The highest BCUT2D eigenvalue weighted by Gasteiger charge is 2.13. The van der Waals surface area contributed by atoms with E-state index in [1.54, 1.807) is 0 Å². The monoisotopic (exact) mass is 238 g/mol. The van der Waals surface area contributed by atoms with Crippen molar-refractivity contribution in [2.75, 3.05) is 6.61 Å². The van der Waals surface area contributed by atoms with Gasteiger partial charge in [-0.25, -0.2) is 4.79 Å². The maximum absolute atomic E-state index is 10.8. The molecule has 0 radical (unpaired) electrons. The van der Waals surface area contributed by atoms with E-state index in [0.717, 1.165) is 15.6 Å². The number of hydrogen-bond acceptors (Lipinski definition) is 2. The first-order valence-electron chi connectivity index (χ1n) is 3.89. The van der Waals surface area contributed by atoms with Crippen molar-refractivity contribution in [3.8, 4) is 0 Å². The minimum absolute atomic E-state index is 0.252. The van der Waals surface area contributed by atoms with Crippen LogP contribution in [-0.4, -0.2) is 12.6 Å². The maximum Gasteiger partial charge on any atom is 0.331 e. The summed E-state index contributed by atoms with van der Waals surface area (Å²) >= 11 is 3.35. The third kappa shape index (κ3) is 1.80. The first kappa shape index (κ1) is 8.51. The molecule has 0 aromatic heterocycles. The zero-order valence-corrected chi connectivity index (χ0v) is 8.37. The van der Waals surface area contributed by atoms with E-state index in [4.69, 9.17) is 4.74 Å². The molecule has 1 aliphatic rings. The van der Waals surface area contributed by atoms with Crippen molar-refractivity contribution in [1.82, 2.24) is 0 Å². The Hall–Kier alpha value is -1.09. The van der Waals surface area contributed by atoms with Crippen LogP contribution in [0.1, 0.15) is 5.56 Å². The van der Waals surface area contributed by atoms with Crippen LogP contribution >= 0.6 is 15.9 Å². The second kappa shape index (κ2) is 3.34. The van der Waals surface area contributed by atoms with Crippen LogP contribution in [0.2, 0.25) is 0 Å². The van der Waals surface area contributed by atoms with Crippen molar-refractivity contribution in [2.24, 2.45) is 0 Å². The average Bonchev–Trinajstić information content (AvgIpc) is 2.53. The zero-order chi connectivity index (χ0) is 9.26. The van der Waals surface area contributed by atoms with E-state index in [9.17, 15) is 4.79 Å². The van der Waals surface area contributed by atoms with Crippen LogP contribution in [0.5, 0.6) is 0 Å². The van der Waals surface area contributed by atoms with Crippen LogP contribution < -0.4 is 0 Å². The van der Waals surface area contributed by atoms with Gasteiger partial charge in [0.25, 0.3) is 0 Å². The molecule has 1 aliphatic heterocycles. The van der Waals surface area contributed by atoms with Gasteiger partial charge in [0, 0.05) is 16.1 Å². The topological polar surface area (TPSA) is 26.3 Å². The lowest BCUT2D eigenvalue weighted by Gasteiger charge is -1.99. The number of ether oxygens (including phenoxy) is 1. The number of hydrogen-bond donors (Lipinski definition) is 0. The van der Waals surface area contributed by atoms with Gasteiger partial charge in [-0.15, -0.1) is 0 Å². The minimum atomic E-state index is -0.252. The molecule has 2 nitrogen and oxygen atoms in total. The van der Waals surface area contributed by atoms with Gasteiger partial charge in [-0.3, -0.25) is 0 Å². The lowest BCUT2D eigenvalue weighted by molar-refractivity contribution is -0.134. The number of rotatable bonds is 1. The maximum atomic E-state index is 10.8. The largest absolute Gasteiger partial charge is 0.458 e. The Labute approximate surface area is 84.3 Å². The van der Waals surface area contributed by atoms with Crippen molar-refractivity contribution >= 4 is 27.5 Å². The van der Waals surface area contributed by atoms with E-state index < -0.39 is 0 Å². The van der Waals surface area contributed by atoms with Gasteiger partial charge in [0.1, 0.15) is 6.61 Å². The van der Waals surface area contributed by atoms with Gasteiger partial charge < -0.3 is 4.74 Å². The van der Waals surface area contributed by atoms with E-state index >= 15 is 0 Å². The van der Waals surface area contributed by atoms with Gasteiger partial charge in [0.2, 0.25) is 0 Å². The summed E-state index contributed by atoms with van der Waals surface area (Å²) in [6.07, 6.45) is 1.53. The Morgan fingerprint density at radius 2 is 1.92 bits per heavy atom. The predicted molar refractivity (Wildman–Crippen MR) is 53.1 cm³/mol. The molecule has 0 amide bonds. The first-order valence-corrected chi connectivity index (χ1v) is 4.68. The van der Waals surface area contributed by atoms with Crippen molar-refractivity contribution in [3.63, 3.8) is 0 Å². The minimum Gasteiger partial charge on any atom is -0.458 e. The highest BCUT2D eigenvalue weighted by atomic mass is 79.9. The molecule has 13 heavy (non-hydrogen) atoms. The summed E-state index contributed by atoms with van der Waals surface area (Å²) in [5, 5.41) is 0. The number of carbonyl (C=O) groups is 1. The lowest BCUT2D eigenvalue weighted by atomic mass is 10.1. The van der Waals surface area contributed by atoms with Crippen molar-refractivity contribution < 1.29 is 9.53 Å². The van der Waals surface area contributed by atoms with Crippen LogP contribution in [0.15, 0.2) is 34.8 Å². The molecule has 0 saturated carbocycles. The molecule has 0 spiro atoms. The molecule has 1 heterocycles. The standard InChI is InChI=1S/C10H7BrO2/c11-9-3-1-7(2-4-9)8-5-10(12)13-6-8/h1-5H,6H2.